The third-order valence-corrected chi connectivity index (χ3v) is 4.87. The number of ketones is 1. The van der Waals surface area contributed by atoms with Gasteiger partial charge in [-0.2, -0.15) is 9.90 Å². The van der Waals surface area contributed by atoms with Crippen molar-refractivity contribution in [1.29, 1.82) is 0 Å². The lowest BCUT2D eigenvalue weighted by Crippen LogP contribution is -2.18. The number of esters is 1. The molecule has 1 amide bonds. The van der Waals surface area contributed by atoms with E-state index >= 15 is 0 Å². The van der Waals surface area contributed by atoms with Gasteiger partial charge < -0.3 is 10.1 Å². The summed E-state index contributed by atoms with van der Waals surface area (Å²) in [5.74, 6) is -1.17. The molecule has 3 aromatic rings. The van der Waals surface area contributed by atoms with Crippen LogP contribution in [0.15, 0.2) is 42.5 Å². The van der Waals surface area contributed by atoms with Crippen LogP contribution in [0.1, 0.15) is 37.7 Å². The van der Waals surface area contributed by atoms with E-state index in [9.17, 15) is 14.4 Å². The van der Waals surface area contributed by atoms with E-state index in [4.69, 9.17) is 4.74 Å². The smallest absolute Gasteiger partial charge is 0.361 e. The fraction of sp³-hybridized carbons (Fsp3) is 0.211. The van der Waals surface area contributed by atoms with Crippen molar-refractivity contribution >= 4 is 29.0 Å². The minimum Gasteiger partial charge on any atom is -0.452 e. The number of nitrogens with zero attached hydrogens (tertiary/aromatic N) is 3. The van der Waals surface area contributed by atoms with Gasteiger partial charge in [0.25, 0.3) is 0 Å². The zero-order valence-electron chi connectivity index (χ0n) is 15.3. The highest BCUT2D eigenvalue weighted by Crippen LogP contribution is 2.17. The normalized spacial score (nSPS) is 10.5. The summed E-state index contributed by atoms with van der Waals surface area (Å²) < 4.78 is 5.11. The Bertz CT molecular complexity index is 1010. The lowest BCUT2D eigenvalue weighted by atomic mass is 10.3. The molecule has 0 bridgehead atoms. The largest absolute Gasteiger partial charge is 0.452 e. The Morgan fingerprint density at radius 3 is 2.57 bits per heavy atom. The van der Waals surface area contributed by atoms with Gasteiger partial charge in [0.05, 0.1) is 22.8 Å². The fourth-order valence-corrected chi connectivity index (χ4v) is 3.22. The lowest BCUT2D eigenvalue weighted by molar-refractivity contribution is -0.119. The Hall–Kier alpha value is -3.33. The second-order valence-electron chi connectivity index (χ2n) is 5.93. The first-order valence-electron chi connectivity index (χ1n) is 8.47. The van der Waals surface area contributed by atoms with Gasteiger partial charge in [0, 0.05) is 11.8 Å². The molecule has 3 rings (SSSR count). The summed E-state index contributed by atoms with van der Waals surface area (Å²) in [4.78, 5) is 38.1. The molecule has 0 saturated heterocycles. The number of Topliss-reactive ketones (excluding diaryl/α,β-unsaturated/α-hetero) is 1. The first-order chi connectivity index (χ1) is 13.4. The summed E-state index contributed by atoms with van der Waals surface area (Å²) in [6.07, 6.45) is 0. The molecule has 0 aliphatic carbocycles. The standard InChI is InChI=1S/C19H18N4O4S/c1-12-18(22-23(21-12)14-6-4-3-5-7-14)19(26)27-11-16(25)17-9-8-15(28-17)10-20-13(2)24/h3-9H,10-11H2,1-2H3,(H,20,24). The highest BCUT2D eigenvalue weighted by molar-refractivity contribution is 7.14. The number of carbonyl (C=O) groups is 3. The van der Waals surface area contributed by atoms with Crippen LogP contribution in [0.5, 0.6) is 0 Å². The molecule has 8 nitrogen and oxygen atoms in total. The molecule has 0 spiro atoms. The third kappa shape index (κ3) is 4.68. The number of para-hydroxylation sites is 1. The van der Waals surface area contributed by atoms with Crippen LogP contribution in [0.3, 0.4) is 0 Å². The van der Waals surface area contributed by atoms with Gasteiger partial charge in [0.2, 0.25) is 11.7 Å². The van der Waals surface area contributed by atoms with Crippen LogP contribution in [0.2, 0.25) is 0 Å². The van der Waals surface area contributed by atoms with E-state index in [2.05, 4.69) is 15.5 Å². The molecule has 2 aromatic heterocycles. The van der Waals surface area contributed by atoms with Crippen LogP contribution < -0.4 is 5.32 Å². The van der Waals surface area contributed by atoms with Crippen LogP contribution in [0.4, 0.5) is 0 Å². The van der Waals surface area contributed by atoms with Crippen LogP contribution in [-0.4, -0.2) is 39.3 Å². The number of benzene rings is 1. The van der Waals surface area contributed by atoms with E-state index in [1.54, 1.807) is 19.1 Å². The van der Waals surface area contributed by atoms with Gasteiger partial charge >= 0.3 is 5.97 Å². The number of thiophene rings is 1. The molecular formula is C19H18N4O4S. The van der Waals surface area contributed by atoms with E-state index in [1.807, 2.05) is 30.3 Å². The molecule has 28 heavy (non-hydrogen) atoms. The third-order valence-electron chi connectivity index (χ3n) is 3.75. The Morgan fingerprint density at radius 1 is 1.11 bits per heavy atom. The lowest BCUT2D eigenvalue weighted by Gasteiger charge is -2.01. The minimum atomic E-state index is -0.706. The fourth-order valence-electron chi connectivity index (χ4n) is 2.35. The number of hydrogen-bond donors (Lipinski definition) is 1. The van der Waals surface area contributed by atoms with Crippen molar-refractivity contribution in [3.05, 3.63) is 63.6 Å². The first-order valence-corrected chi connectivity index (χ1v) is 9.28. The molecule has 0 saturated carbocycles. The highest BCUT2D eigenvalue weighted by Gasteiger charge is 2.20. The number of nitrogens with one attached hydrogen (secondary N) is 1. The number of hydrogen-bond acceptors (Lipinski definition) is 7. The number of carbonyl (C=O) groups excluding carboxylic acids is 3. The average molecular weight is 398 g/mol. The van der Waals surface area contributed by atoms with Crippen LogP contribution in [0.25, 0.3) is 5.69 Å². The monoisotopic (exact) mass is 398 g/mol. The Morgan fingerprint density at radius 2 is 1.86 bits per heavy atom. The summed E-state index contributed by atoms with van der Waals surface area (Å²) in [7, 11) is 0. The van der Waals surface area contributed by atoms with Crippen molar-refractivity contribution in [2.45, 2.75) is 20.4 Å². The van der Waals surface area contributed by atoms with Crippen LogP contribution in [-0.2, 0) is 16.1 Å². The van der Waals surface area contributed by atoms with Crippen LogP contribution in [0, 0.1) is 6.92 Å². The van der Waals surface area contributed by atoms with Crippen molar-refractivity contribution in [3.63, 3.8) is 0 Å². The second-order valence-corrected chi connectivity index (χ2v) is 7.10. The molecule has 2 heterocycles. The maximum Gasteiger partial charge on any atom is 0.361 e. The van der Waals surface area contributed by atoms with Gasteiger partial charge in [-0.3, -0.25) is 9.59 Å². The summed E-state index contributed by atoms with van der Waals surface area (Å²) in [6.45, 7) is 3.04. The average Bonchev–Trinajstić information content (AvgIpc) is 3.32. The maximum atomic E-state index is 12.3. The summed E-state index contributed by atoms with van der Waals surface area (Å²) in [5, 5.41) is 11.0. The molecule has 1 aromatic carbocycles. The molecule has 0 unspecified atom stereocenters. The molecule has 0 radical (unpaired) electrons. The number of amides is 1. The molecule has 144 valence electrons. The minimum absolute atomic E-state index is 0.0641. The number of ether oxygens (including phenoxy) is 1. The molecule has 0 aliphatic heterocycles. The topological polar surface area (TPSA) is 103 Å². The summed E-state index contributed by atoms with van der Waals surface area (Å²) >= 11 is 1.25. The van der Waals surface area contributed by atoms with Gasteiger partial charge in [-0.15, -0.1) is 16.4 Å². The van der Waals surface area contributed by atoms with Crippen molar-refractivity contribution in [2.75, 3.05) is 6.61 Å². The maximum absolute atomic E-state index is 12.3. The SMILES string of the molecule is CC(=O)NCc1ccc(C(=O)COC(=O)c2nn(-c3ccccc3)nc2C)s1. The van der Waals surface area contributed by atoms with Crippen molar-refractivity contribution in [3.8, 4) is 5.69 Å². The van der Waals surface area contributed by atoms with E-state index < -0.39 is 12.6 Å². The predicted octanol–water partition coefficient (Wildman–Crippen LogP) is 2.31. The van der Waals surface area contributed by atoms with E-state index in [1.165, 1.54) is 23.1 Å². The molecule has 1 N–H and O–H groups in total. The summed E-state index contributed by atoms with van der Waals surface area (Å²) in [5.41, 5.74) is 1.19. The number of aryl methyl sites for hydroxylation is 1. The Balaban J connectivity index is 1.60. The van der Waals surface area contributed by atoms with Crippen LogP contribution >= 0.6 is 11.3 Å². The van der Waals surface area contributed by atoms with Crippen molar-refractivity contribution in [1.82, 2.24) is 20.3 Å². The van der Waals surface area contributed by atoms with Gasteiger partial charge in [0.1, 0.15) is 0 Å². The number of rotatable bonds is 7. The number of aromatic nitrogens is 3. The molecule has 9 heteroatoms. The summed E-state index contributed by atoms with van der Waals surface area (Å²) in [6, 6.07) is 12.6. The molecular weight excluding hydrogens is 380 g/mol. The van der Waals surface area contributed by atoms with Crippen molar-refractivity contribution in [2.24, 2.45) is 0 Å². The zero-order valence-corrected chi connectivity index (χ0v) is 16.2. The first kappa shape index (κ1) is 19.4. The van der Waals surface area contributed by atoms with E-state index in [0.29, 0.717) is 22.8 Å². The molecule has 0 aliphatic rings. The van der Waals surface area contributed by atoms with Gasteiger partial charge in [-0.25, -0.2) is 4.79 Å². The van der Waals surface area contributed by atoms with E-state index in [0.717, 1.165) is 4.88 Å². The molecule has 0 atom stereocenters. The predicted molar refractivity (Wildman–Crippen MR) is 103 cm³/mol. The molecule has 0 fully saturated rings. The zero-order chi connectivity index (χ0) is 20.1. The quantitative estimate of drug-likeness (QED) is 0.484. The Labute approximate surface area is 165 Å². The second kappa shape index (κ2) is 8.57. The Kier molecular flexibility index (Phi) is 5.95. The van der Waals surface area contributed by atoms with Crippen molar-refractivity contribution < 1.29 is 19.1 Å². The van der Waals surface area contributed by atoms with E-state index in [-0.39, 0.29) is 17.4 Å². The van der Waals surface area contributed by atoms with Gasteiger partial charge in [-0.1, -0.05) is 18.2 Å². The highest BCUT2D eigenvalue weighted by atomic mass is 32.1. The van der Waals surface area contributed by atoms with Gasteiger partial charge in [0.15, 0.2) is 12.3 Å². The van der Waals surface area contributed by atoms with Gasteiger partial charge in [-0.05, 0) is 31.2 Å².